The van der Waals surface area contributed by atoms with Crippen LogP contribution in [0.4, 0.5) is 0 Å². The Bertz CT molecular complexity index is 345. The molecule has 0 saturated carbocycles. The summed E-state index contributed by atoms with van der Waals surface area (Å²) in [6.45, 7) is 2.78. The lowest BCUT2D eigenvalue weighted by Crippen LogP contribution is -2.18. The molecule has 70 valence electrons. The van der Waals surface area contributed by atoms with Gasteiger partial charge in [-0.15, -0.1) is 10.2 Å². The molecule has 1 aromatic rings. The van der Waals surface area contributed by atoms with Crippen molar-refractivity contribution < 1.29 is 9.90 Å². The standard InChI is InChI=1S/C8H11N3O2/c1-5-3-2-4-11-6(5)9-10-7(11)8(12)13/h5H,2-4H2,1H3,(H,12,13). The van der Waals surface area contributed by atoms with Crippen molar-refractivity contribution in [3.8, 4) is 0 Å². The van der Waals surface area contributed by atoms with Crippen LogP contribution < -0.4 is 0 Å². The molecule has 0 spiro atoms. The van der Waals surface area contributed by atoms with E-state index >= 15 is 0 Å². The monoisotopic (exact) mass is 181 g/mol. The lowest BCUT2D eigenvalue weighted by Gasteiger charge is -2.19. The quantitative estimate of drug-likeness (QED) is 0.698. The van der Waals surface area contributed by atoms with E-state index in [0.717, 1.165) is 25.2 Å². The summed E-state index contributed by atoms with van der Waals surface area (Å²) in [6, 6.07) is 0. The van der Waals surface area contributed by atoms with Gasteiger partial charge >= 0.3 is 5.97 Å². The summed E-state index contributed by atoms with van der Waals surface area (Å²) >= 11 is 0. The highest BCUT2D eigenvalue weighted by Gasteiger charge is 2.24. The second-order valence-corrected chi connectivity index (χ2v) is 3.38. The highest BCUT2D eigenvalue weighted by atomic mass is 16.4. The van der Waals surface area contributed by atoms with Crippen LogP contribution in [0.5, 0.6) is 0 Å². The van der Waals surface area contributed by atoms with Crippen molar-refractivity contribution in [2.75, 3.05) is 0 Å². The average molecular weight is 181 g/mol. The molecule has 0 aliphatic carbocycles. The molecule has 1 aliphatic heterocycles. The Kier molecular flexibility index (Phi) is 1.79. The first-order chi connectivity index (χ1) is 6.20. The number of fused-ring (bicyclic) bond motifs is 1. The maximum absolute atomic E-state index is 10.7. The van der Waals surface area contributed by atoms with Gasteiger partial charge in [0.05, 0.1) is 0 Å². The Morgan fingerprint density at radius 3 is 3.08 bits per heavy atom. The summed E-state index contributed by atoms with van der Waals surface area (Å²) in [7, 11) is 0. The SMILES string of the molecule is CC1CCCn2c(C(=O)O)nnc21. The van der Waals surface area contributed by atoms with E-state index in [1.807, 2.05) is 6.92 Å². The third-order valence-corrected chi connectivity index (χ3v) is 2.43. The highest BCUT2D eigenvalue weighted by Crippen LogP contribution is 2.25. The predicted octanol–water partition coefficient (Wildman–Crippen LogP) is 0.874. The van der Waals surface area contributed by atoms with Crippen LogP contribution in [-0.2, 0) is 6.54 Å². The third kappa shape index (κ3) is 1.20. The first-order valence-corrected chi connectivity index (χ1v) is 4.36. The Labute approximate surface area is 75.4 Å². The number of aromatic carboxylic acids is 1. The molecule has 0 radical (unpaired) electrons. The van der Waals surface area contributed by atoms with Crippen molar-refractivity contribution >= 4 is 5.97 Å². The number of hydrogen-bond donors (Lipinski definition) is 1. The number of carbonyl (C=O) groups is 1. The minimum absolute atomic E-state index is 0.0709. The van der Waals surface area contributed by atoms with Gasteiger partial charge in [-0.2, -0.15) is 0 Å². The summed E-state index contributed by atoms with van der Waals surface area (Å²) in [4.78, 5) is 10.7. The maximum Gasteiger partial charge on any atom is 0.374 e. The molecule has 5 heteroatoms. The first kappa shape index (κ1) is 8.22. The van der Waals surface area contributed by atoms with Crippen LogP contribution in [0.2, 0.25) is 0 Å². The lowest BCUT2D eigenvalue weighted by molar-refractivity contribution is 0.0676. The molecule has 0 amide bonds. The van der Waals surface area contributed by atoms with Gasteiger partial charge in [0.1, 0.15) is 5.82 Å². The molecule has 2 heterocycles. The molecule has 1 atom stereocenters. The molecule has 1 aliphatic rings. The Morgan fingerprint density at radius 2 is 2.38 bits per heavy atom. The molecular formula is C8H11N3O2. The number of nitrogens with zero attached hydrogens (tertiary/aromatic N) is 3. The van der Waals surface area contributed by atoms with E-state index in [9.17, 15) is 4.79 Å². The summed E-state index contributed by atoms with van der Waals surface area (Å²) in [6.07, 6.45) is 2.07. The normalized spacial score (nSPS) is 21.2. The fourth-order valence-corrected chi connectivity index (χ4v) is 1.74. The van der Waals surface area contributed by atoms with Crippen LogP contribution in [0.25, 0.3) is 0 Å². The van der Waals surface area contributed by atoms with Gasteiger partial charge in [-0.1, -0.05) is 6.92 Å². The van der Waals surface area contributed by atoms with Crippen LogP contribution in [0.3, 0.4) is 0 Å². The van der Waals surface area contributed by atoms with Crippen molar-refractivity contribution in [3.05, 3.63) is 11.6 Å². The van der Waals surface area contributed by atoms with Gasteiger partial charge in [-0.05, 0) is 12.8 Å². The number of rotatable bonds is 1. The number of hydrogen-bond acceptors (Lipinski definition) is 3. The minimum Gasteiger partial charge on any atom is -0.475 e. The minimum atomic E-state index is -0.993. The average Bonchev–Trinajstić information content (AvgIpc) is 2.48. The maximum atomic E-state index is 10.7. The van der Waals surface area contributed by atoms with Crippen LogP contribution in [0.15, 0.2) is 0 Å². The van der Waals surface area contributed by atoms with Crippen molar-refractivity contribution in [2.45, 2.75) is 32.2 Å². The van der Waals surface area contributed by atoms with Gasteiger partial charge < -0.3 is 9.67 Å². The van der Waals surface area contributed by atoms with Gasteiger partial charge in [-0.25, -0.2) is 4.79 Å². The van der Waals surface area contributed by atoms with Gasteiger partial charge in [-0.3, -0.25) is 0 Å². The van der Waals surface area contributed by atoms with E-state index in [4.69, 9.17) is 5.11 Å². The molecular weight excluding hydrogens is 170 g/mol. The van der Waals surface area contributed by atoms with Gasteiger partial charge in [0.2, 0.25) is 5.82 Å². The largest absolute Gasteiger partial charge is 0.475 e. The fourth-order valence-electron chi connectivity index (χ4n) is 1.74. The second-order valence-electron chi connectivity index (χ2n) is 3.38. The molecule has 1 N–H and O–H groups in total. The van der Waals surface area contributed by atoms with Crippen molar-refractivity contribution in [2.24, 2.45) is 0 Å². The number of carboxylic acids is 1. The molecule has 0 fully saturated rings. The van der Waals surface area contributed by atoms with E-state index < -0.39 is 5.97 Å². The zero-order chi connectivity index (χ0) is 9.42. The zero-order valence-corrected chi connectivity index (χ0v) is 7.40. The lowest BCUT2D eigenvalue weighted by atomic mass is 10.0. The van der Waals surface area contributed by atoms with E-state index in [0.29, 0.717) is 5.92 Å². The molecule has 5 nitrogen and oxygen atoms in total. The second kappa shape index (κ2) is 2.83. The van der Waals surface area contributed by atoms with E-state index in [-0.39, 0.29) is 5.82 Å². The highest BCUT2D eigenvalue weighted by molar-refractivity contribution is 5.83. The van der Waals surface area contributed by atoms with Crippen LogP contribution in [0.1, 0.15) is 42.1 Å². The van der Waals surface area contributed by atoms with E-state index in [1.165, 1.54) is 0 Å². The Hall–Kier alpha value is -1.39. The van der Waals surface area contributed by atoms with Gasteiger partial charge in [0.15, 0.2) is 0 Å². The number of carboxylic acid groups (broad SMARTS) is 1. The Balaban J connectivity index is 2.47. The topological polar surface area (TPSA) is 68.0 Å². The van der Waals surface area contributed by atoms with Gasteiger partial charge in [0, 0.05) is 12.5 Å². The summed E-state index contributed by atoms with van der Waals surface area (Å²) in [5.74, 6) is 0.215. The summed E-state index contributed by atoms with van der Waals surface area (Å²) < 4.78 is 1.70. The van der Waals surface area contributed by atoms with Crippen LogP contribution in [0, 0.1) is 0 Å². The molecule has 0 saturated heterocycles. The van der Waals surface area contributed by atoms with Crippen molar-refractivity contribution in [1.82, 2.24) is 14.8 Å². The van der Waals surface area contributed by atoms with E-state index in [1.54, 1.807) is 4.57 Å². The van der Waals surface area contributed by atoms with Crippen molar-refractivity contribution in [1.29, 1.82) is 0 Å². The number of aromatic nitrogens is 3. The van der Waals surface area contributed by atoms with Gasteiger partial charge in [0.25, 0.3) is 0 Å². The fraction of sp³-hybridized carbons (Fsp3) is 0.625. The summed E-state index contributed by atoms with van der Waals surface area (Å²) in [5.41, 5.74) is 0. The molecule has 0 bridgehead atoms. The molecule has 2 rings (SSSR count). The third-order valence-electron chi connectivity index (χ3n) is 2.43. The smallest absolute Gasteiger partial charge is 0.374 e. The zero-order valence-electron chi connectivity index (χ0n) is 7.40. The molecule has 1 unspecified atom stereocenters. The summed E-state index contributed by atoms with van der Waals surface area (Å²) in [5, 5.41) is 16.3. The predicted molar refractivity (Wildman–Crippen MR) is 44.6 cm³/mol. The molecule has 13 heavy (non-hydrogen) atoms. The first-order valence-electron chi connectivity index (χ1n) is 4.36. The van der Waals surface area contributed by atoms with Crippen LogP contribution >= 0.6 is 0 Å². The Morgan fingerprint density at radius 1 is 1.62 bits per heavy atom. The molecule has 0 aromatic carbocycles. The van der Waals surface area contributed by atoms with Crippen LogP contribution in [-0.4, -0.2) is 25.8 Å². The van der Waals surface area contributed by atoms with Crippen molar-refractivity contribution in [3.63, 3.8) is 0 Å². The molecule has 1 aromatic heterocycles. The van der Waals surface area contributed by atoms with E-state index in [2.05, 4.69) is 10.2 Å².